The molecule has 14 heavy (non-hydrogen) atoms. The lowest BCUT2D eigenvalue weighted by Crippen LogP contribution is -2.37. The molecule has 0 unspecified atom stereocenters. The second kappa shape index (κ2) is 4.34. The lowest BCUT2D eigenvalue weighted by Gasteiger charge is -2.28. The molecule has 1 N–H and O–H groups in total. The molecule has 1 saturated heterocycles. The number of anilines is 1. The van der Waals surface area contributed by atoms with Gasteiger partial charge in [-0.3, -0.25) is 0 Å². The van der Waals surface area contributed by atoms with Crippen LogP contribution in [-0.2, 0) is 11.3 Å². The molecule has 2 rings (SSSR count). The molecule has 1 aromatic heterocycles. The van der Waals surface area contributed by atoms with E-state index in [2.05, 4.69) is 14.9 Å². The Bertz CT molecular complexity index is 300. The second-order valence-electron chi connectivity index (χ2n) is 3.13. The van der Waals surface area contributed by atoms with Gasteiger partial charge in [0.2, 0.25) is 0 Å². The number of nitrogens with zero attached hydrogens (tertiary/aromatic N) is 3. The Morgan fingerprint density at radius 2 is 2.21 bits per heavy atom. The maximum Gasteiger partial charge on any atom is 0.137 e. The third-order valence-electron chi connectivity index (χ3n) is 2.25. The summed E-state index contributed by atoms with van der Waals surface area (Å²) in [4.78, 5) is 10.2. The molecule has 0 bridgehead atoms. The minimum atomic E-state index is -0.0203. The van der Waals surface area contributed by atoms with Crippen molar-refractivity contribution in [1.82, 2.24) is 9.97 Å². The summed E-state index contributed by atoms with van der Waals surface area (Å²) >= 11 is 0. The zero-order valence-corrected chi connectivity index (χ0v) is 7.89. The fourth-order valence-corrected chi connectivity index (χ4v) is 1.52. The summed E-state index contributed by atoms with van der Waals surface area (Å²) in [6, 6.07) is 0. The van der Waals surface area contributed by atoms with E-state index in [1.54, 1.807) is 6.20 Å². The highest BCUT2D eigenvalue weighted by molar-refractivity contribution is 5.45. The van der Waals surface area contributed by atoms with Crippen molar-refractivity contribution in [3.8, 4) is 0 Å². The summed E-state index contributed by atoms with van der Waals surface area (Å²) in [7, 11) is 0. The Labute approximate surface area is 82.4 Å². The first-order chi connectivity index (χ1) is 6.92. The highest BCUT2D eigenvalue weighted by atomic mass is 16.5. The van der Waals surface area contributed by atoms with E-state index in [0.717, 1.165) is 37.7 Å². The number of aromatic nitrogens is 2. The molecule has 1 aromatic rings. The molecule has 2 heterocycles. The van der Waals surface area contributed by atoms with E-state index in [-0.39, 0.29) is 6.61 Å². The van der Waals surface area contributed by atoms with Gasteiger partial charge < -0.3 is 14.7 Å². The van der Waals surface area contributed by atoms with Crippen molar-refractivity contribution in [3.63, 3.8) is 0 Å². The fraction of sp³-hybridized carbons (Fsp3) is 0.556. The SMILES string of the molecule is OCc1cncnc1N1CCOCC1. The monoisotopic (exact) mass is 195 g/mol. The van der Waals surface area contributed by atoms with E-state index in [1.807, 2.05) is 0 Å². The Kier molecular flexibility index (Phi) is 2.90. The molecule has 1 aliphatic rings. The first kappa shape index (κ1) is 9.36. The quantitative estimate of drug-likeness (QED) is 0.708. The minimum absolute atomic E-state index is 0.0203. The highest BCUT2D eigenvalue weighted by Crippen LogP contribution is 2.16. The first-order valence-corrected chi connectivity index (χ1v) is 4.64. The van der Waals surface area contributed by atoms with Crippen molar-refractivity contribution in [3.05, 3.63) is 18.1 Å². The number of aliphatic hydroxyl groups is 1. The van der Waals surface area contributed by atoms with Crippen LogP contribution < -0.4 is 4.90 Å². The van der Waals surface area contributed by atoms with Gasteiger partial charge in [0, 0.05) is 24.8 Å². The van der Waals surface area contributed by atoms with Crippen molar-refractivity contribution in [1.29, 1.82) is 0 Å². The van der Waals surface area contributed by atoms with Crippen LogP contribution in [0.5, 0.6) is 0 Å². The van der Waals surface area contributed by atoms with Crippen molar-refractivity contribution in [2.45, 2.75) is 6.61 Å². The predicted molar refractivity (Wildman–Crippen MR) is 51.0 cm³/mol. The lowest BCUT2D eigenvalue weighted by molar-refractivity contribution is 0.122. The Hall–Kier alpha value is -1.20. The first-order valence-electron chi connectivity index (χ1n) is 4.64. The molecule has 0 amide bonds. The summed E-state index contributed by atoms with van der Waals surface area (Å²) in [5.41, 5.74) is 0.773. The number of rotatable bonds is 2. The normalized spacial score (nSPS) is 17.1. The van der Waals surface area contributed by atoms with Gasteiger partial charge >= 0.3 is 0 Å². The largest absolute Gasteiger partial charge is 0.391 e. The standard InChI is InChI=1S/C9H13N3O2/c13-6-8-5-10-7-11-9(8)12-1-3-14-4-2-12/h5,7,13H,1-4,6H2. The van der Waals surface area contributed by atoms with Crippen LogP contribution in [-0.4, -0.2) is 41.4 Å². The Morgan fingerprint density at radius 3 is 2.93 bits per heavy atom. The third-order valence-corrected chi connectivity index (χ3v) is 2.25. The summed E-state index contributed by atoms with van der Waals surface area (Å²) in [6.45, 7) is 3.06. The van der Waals surface area contributed by atoms with Gasteiger partial charge in [-0.25, -0.2) is 9.97 Å². The van der Waals surface area contributed by atoms with Crippen LogP contribution in [0.25, 0.3) is 0 Å². The molecule has 5 heteroatoms. The minimum Gasteiger partial charge on any atom is -0.391 e. The molecule has 1 aliphatic heterocycles. The van der Waals surface area contributed by atoms with Gasteiger partial charge in [-0.1, -0.05) is 0 Å². The third kappa shape index (κ3) is 1.83. The van der Waals surface area contributed by atoms with E-state index >= 15 is 0 Å². The van der Waals surface area contributed by atoms with E-state index in [0.29, 0.717) is 0 Å². The molecule has 0 radical (unpaired) electrons. The molecular weight excluding hydrogens is 182 g/mol. The molecule has 0 atom stereocenters. The van der Waals surface area contributed by atoms with Crippen LogP contribution in [0.15, 0.2) is 12.5 Å². The number of ether oxygens (including phenoxy) is 1. The topological polar surface area (TPSA) is 58.5 Å². The zero-order valence-electron chi connectivity index (χ0n) is 7.89. The number of morpholine rings is 1. The van der Waals surface area contributed by atoms with Crippen LogP contribution in [0.4, 0.5) is 5.82 Å². The van der Waals surface area contributed by atoms with Crippen molar-refractivity contribution in [2.24, 2.45) is 0 Å². The van der Waals surface area contributed by atoms with Gasteiger partial charge in [-0.05, 0) is 0 Å². The average Bonchev–Trinajstić information content (AvgIpc) is 2.30. The zero-order chi connectivity index (χ0) is 9.80. The average molecular weight is 195 g/mol. The van der Waals surface area contributed by atoms with Crippen LogP contribution >= 0.6 is 0 Å². The van der Waals surface area contributed by atoms with Crippen molar-refractivity contribution in [2.75, 3.05) is 31.2 Å². The molecule has 0 aliphatic carbocycles. The molecule has 0 spiro atoms. The second-order valence-corrected chi connectivity index (χ2v) is 3.13. The highest BCUT2D eigenvalue weighted by Gasteiger charge is 2.15. The van der Waals surface area contributed by atoms with Crippen molar-refractivity contribution >= 4 is 5.82 Å². The Morgan fingerprint density at radius 1 is 1.43 bits per heavy atom. The van der Waals surface area contributed by atoms with Crippen LogP contribution in [0.1, 0.15) is 5.56 Å². The maximum atomic E-state index is 9.11. The van der Waals surface area contributed by atoms with Crippen LogP contribution in [0.2, 0.25) is 0 Å². The van der Waals surface area contributed by atoms with E-state index in [4.69, 9.17) is 9.84 Å². The van der Waals surface area contributed by atoms with E-state index in [1.165, 1.54) is 6.33 Å². The lowest BCUT2D eigenvalue weighted by atomic mass is 10.3. The van der Waals surface area contributed by atoms with Gasteiger partial charge in [0.25, 0.3) is 0 Å². The maximum absolute atomic E-state index is 9.11. The molecular formula is C9H13N3O2. The van der Waals surface area contributed by atoms with E-state index in [9.17, 15) is 0 Å². The van der Waals surface area contributed by atoms with Gasteiger partial charge in [0.15, 0.2) is 0 Å². The molecule has 76 valence electrons. The molecule has 0 aromatic carbocycles. The van der Waals surface area contributed by atoms with Gasteiger partial charge in [0.05, 0.1) is 19.8 Å². The van der Waals surface area contributed by atoms with Gasteiger partial charge in [-0.15, -0.1) is 0 Å². The summed E-state index contributed by atoms with van der Waals surface area (Å²) in [6.07, 6.45) is 3.15. The smallest absolute Gasteiger partial charge is 0.137 e. The predicted octanol–water partition coefficient (Wildman–Crippen LogP) is -0.195. The molecule has 1 fully saturated rings. The van der Waals surface area contributed by atoms with Crippen molar-refractivity contribution < 1.29 is 9.84 Å². The van der Waals surface area contributed by atoms with E-state index < -0.39 is 0 Å². The summed E-state index contributed by atoms with van der Waals surface area (Å²) in [5.74, 6) is 0.825. The molecule has 0 saturated carbocycles. The number of hydrogen-bond donors (Lipinski definition) is 1. The number of aliphatic hydroxyl groups excluding tert-OH is 1. The molecule has 5 nitrogen and oxygen atoms in total. The summed E-state index contributed by atoms with van der Waals surface area (Å²) < 4.78 is 5.25. The van der Waals surface area contributed by atoms with Gasteiger partial charge in [-0.2, -0.15) is 0 Å². The van der Waals surface area contributed by atoms with Gasteiger partial charge in [0.1, 0.15) is 12.1 Å². The number of hydrogen-bond acceptors (Lipinski definition) is 5. The van der Waals surface area contributed by atoms with Crippen LogP contribution in [0.3, 0.4) is 0 Å². The Balaban J connectivity index is 2.20. The van der Waals surface area contributed by atoms with Crippen LogP contribution in [0, 0.1) is 0 Å². The fourth-order valence-electron chi connectivity index (χ4n) is 1.52. The summed E-state index contributed by atoms with van der Waals surface area (Å²) in [5, 5.41) is 9.11.